The molecule has 112 valence electrons. The monoisotopic (exact) mass is 298 g/mol. The van der Waals surface area contributed by atoms with Crippen molar-refractivity contribution in [1.29, 1.82) is 0 Å². The number of hydrogen-bond donors (Lipinski definition) is 0. The maximum absolute atomic E-state index is 4.92. The molecular weight excluding hydrogens is 280 g/mol. The number of hydrogen-bond acceptors (Lipinski definition) is 1. The van der Waals surface area contributed by atoms with Gasteiger partial charge in [-0.1, -0.05) is 48.5 Å². The molecule has 3 aromatic carbocycles. The third-order valence-corrected chi connectivity index (χ3v) is 4.42. The molecule has 0 aliphatic heterocycles. The number of fused-ring (bicyclic) bond motifs is 1. The van der Waals surface area contributed by atoms with Gasteiger partial charge in [0, 0.05) is 11.3 Å². The second kappa shape index (κ2) is 5.40. The lowest BCUT2D eigenvalue weighted by Crippen LogP contribution is -1.99. The molecule has 4 rings (SSSR count). The van der Waals surface area contributed by atoms with E-state index in [9.17, 15) is 0 Å². The van der Waals surface area contributed by atoms with Crippen molar-refractivity contribution in [1.82, 2.24) is 9.55 Å². The molecule has 2 heteroatoms. The maximum Gasteiger partial charge on any atom is 0.145 e. The quantitative estimate of drug-likeness (QED) is 0.490. The van der Waals surface area contributed by atoms with E-state index in [1.54, 1.807) is 0 Å². The van der Waals surface area contributed by atoms with Gasteiger partial charge < -0.3 is 0 Å². The third-order valence-electron chi connectivity index (χ3n) is 4.42. The van der Waals surface area contributed by atoms with Gasteiger partial charge in [-0.2, -0.15) is 0 Å². The highest BCUT2D eigenvalue weighted by Gasteiger charge is 2.15. The molecule has 0 unspecified atom stereocenters. The van der Waals surface area contributed by atoms with E-state index in [0.29, 0.717) is 0 Å². The SMILES string of the molecule is Cc1cccc(-c2nc3ccccc3n2-c2ccccc2)c1C. The lowest BCUT2D eigenvalue weighted by molar-refractivity contribution is 1.09. The lowest BCUT2D eigenvalue weighted by Gasteiger charge is -2.12. The molecule has 0 bridgehead atoms. The number of para-hydroxylation sites is 3. The molecule has 0 radical (unpaired) electrons. The topological polar surface area (TPSA) is 17.8 Å². The van der Waals surface area contributed by atoms with Crippen molar-refractivity contribution in [3.63, 3.8) is 0 Å². The average Bonchev–Trinajstić information content (AvgIpc) is 2.97. The molecule has 0 spiro atoms. The molecular formula is C21H18N2. The van der Waals surface area contributed by atoms with Crippen LogP contribution in [0.5, 0.6) is 0 Å². The zero-order chi connectivity index (χ0) is 15.8. The largest absolute Gasteiger partial charge is 0.292 e. The Morgan fingerprint density at radius 1 is 0.739 bits per heavy atom. The summed E-state index contributed by atoms with van der Waals surface area (Å²) in [6, 6.07) is 25.1. The normalized spacial score (nSPS) is 11.0. The van der Waals surface area contributed by atoms with Crippen molar-refractivity contribution in [2.75, 3.05) is 0 Å². The first kappa shape index (κ1) is 13.8. The molecule has 0 fully saturated rings. The number of rotatable bonds is 2. The van der Waals surface area contributed by atoms with E-state index in [0.717, 1.165) is 22.5 Å². The summed E-state index contributed by atoms with van der Waals surface area (Å²) in [6.45, 7) is 4.31. The van der Waals surface area contributed by atoms with Gasteiger partial charge in [-0.15, -0.1) is 0 Å². The molecule has 4 aromatic rings. The summed E-state index contributed by atoms with van der Waals surface area (Å²) >= 11 is 0. The molecule has 0 amide bonds. The summed E-state index contributed by atoms with van der Waals surface area (Å²) in [5, 5.41) is 0. The first-order valence-electron chi connectivity index (χ1n) is 7.85. The first-order chi connectivity index (χ1) is 11.3. The van der Waals surface area contributed by atoms with Crippen LogP contribution in [0, 0.1) is 13.8 Å². The number of nitrogens with zero attached hydrogens (tertiary/aromatic N) is 2. The van der Waals surface area contributed by atoms with Gasteiger partial charge in [0.25, 0.3) is 0 Å². The Hall–Kier alpha value is -2.87. The van der Waals surface area contributed by atoms with Crippen LogP contribution < -0.4 is 0 Å². The molecule has 0 N–H and O–H groups in total. The Morgan fingerprint density at radius 3 is 2.30 bits per heavy atom. The smallest absolute Gasteiger partial charge is 0.145 e. The number of benzene rings is 3. The van der Waals surface area contributed by atoms with Gasteiger partial charge in [0.15, 0.2) is 0 Å². The number of aromatic nitrogens is 2. The highest BCUT2D eigenvalue weighted by atomic mass is 15.1. The van der Waals surface area contributed by atoms with Crippen LogP contribution in [0.4, 0.5) is 0 Å². The van der Waals surface area contributed by atoms with Crippen LogP contribution in [0.25, 0.3) is 28.1 Å². The van der Waals surface area contributed by atoms with E-state index in [1.165, 1.54) is 16.7 Å². The maximum atomic E-state index is 4.92. The molecule has 1 heterocycles. The van der Waals surface area contributed by atoms with Gasteiger partial charge in [0.2, 0.25) is 0 Å². The second-order valence-corrected chi connectivity index (χ2v) is 5.84. The Balaban J connectivity index is 2.09. The minimum absolute atomic E-state index is 0.999. The van der Waals surface area contributed by atoms with E-state index in [2.05, 4.69) is 79.1 Å². The zero-order valence-electron chi connectivity index (χ0n) is 13.3. The van der Waals surface area contributed by atoms with Gasteiger partial charge in [-0.05, 0) is 49.2 Å². The third kappa shape index (κ3) is 2.23. The van der Waals surface area contributed by atoms with E-state index >= 15 is 0 Å². The van der Waals surface area contributed by atoms with E-state index < -0.39 is 0 Å². The fourth-order valence-corrected chi connectivity index (χ4v) is 3.04. The van der Waals surface area contributed by atoms with E-state index in [4.69, 9.17) is 4.98 Å². The molecule has 23 heavy (non-hydrogen) atoms. The predicted octanol–water partition coefficient (Wildman–Crippen LogP) is 5.31. The van der Waals surface area contributed by atoms with Crippen molar-refractivity contribution >= 4 is 11.0 Å². The van der Waals surface area contributed by atoms with Crippen LogP contribution in [-0.2, 0) is 0 Å². The molecule has 2 nitrogen and oxygen atoms in total. The van der Waals surface area contributed by atoms with Gasteiger partial charge in [-0.25, -0.2) is 4.98 Å². The number of imidazole rings is 1. The average molecular weight is 298 g/mol. The highest BCUT2D eigenvalue weighted by molar-refractivity contribution is 5.84. The van der Waals surface area contributed by atoms with E-state index in [-0.39, 0.29) is 0 Å². The molecule has 0 saturated heterocycles. The first-order valence-corrected chi connectivity index (χ1v) is 7.85. The molecule has 0 aliphatic carbocycles. The summed E-state index contributed by atoms with van der Waals surface area (Å²) < 4.78 is 2.25. The Labute approximate surface area is 136 Å². The van der Waals surface area contributed by atoms with Gasteiger partial charge >= 0.3 is 0 Å². The molecule has 1 aromatic heterocycles. The van der Waals surface area contributed by atoms with Crippen molar-refractivity contribution in [3.8, 4) is 17.1 Å². The standard InChI is InChI=1S/C21H18N2/c1-15-9-8-12-18(16(15)2)21-22-19-13-6-7-14-20(19)23(21)17-10-4-3-5-11-17/h3-14H,1-2H3. The molecule has 0 aliphatic rings. The minimum atomic E-state index is 0.999. The van der Waals surface area contributed by atoms with Crippen molar-refractivity contribution < 1.29 is 0 Å². The van der Waals surface area contributed by atoms with E-state index in [1.807, 2.05) is 12.1 Å². The van der Waals surface area contributed by atoms with Crippen LogP contribution in [0.15, 0.2) is 72.8 Å². The molecule has 0 atom stereocenters. The van der Waals surface area contributed by atoms with Gasteiger partial charge in [-0.3, -0.25) is 4.57 Å². The van der Waals surface area contributed by atoms with Crippen molar-refractivity contribution in [2.45, 2.75) is 13.8 Å². The predicted molar refractivity (Wildman–Crippen MR) is 96.0 cm³/mol. The van der Waals surface area contributed by atoms with Crippen LogP contribution in [-0.4, -0.2) is 9.55 Å². The van der Waals surface area contributed by atoms with Crippen LogP contribution in [0.1, 0.15) is 11.1 Å². The van der Waals surface area contributed by atoms with Gasteiger partial charge in [0.1, 0.15) is 5.82 Å². The highest BCUT2D eigenvalue weighted by Crippen LogP contribution is 2.31. The van der Waals surface area contributed by atoms with Gasteiger partial charge in [0.05, 0.1) is 11.0 Å². The fraction of sp³-hybridized carbons (Fsp3) is 0.0952. The summed E-state index contributed by atoms with van der Waals surface area (Å²) in [6.07, 6.45) is 0. The Bertz CT molecular complexity index is 981. The number of aryl methyl sites for hydroxylation is 1. The summed E-state index contributed by atoms with van der Waals surface area (Å²) in [4.78, 5) is 4.92. The minimum Gasteiger partial charge on any atom is -0.292 e. The summed E-state index contributed by atoms with van der Waals surface area (Å²) in [7, 11) is 0. The fourth-order valence-electron chi connectivity index (χ4n) is 3.04. The summed E-state index contributed by atoms with van der Waals surface area (Å²) in [5.41, 5.74) is 7.04. The van der Waals surface area contributed by atoms with Crippen molar-refractivity contribution in [3.05, 3.63) is 83.9 Å². The van der Waals surface area contributed by atoms with Crippen molar-refractivity contribution in [2.24, 2.45) is 0 Å². The van der Waals surface area contributed by atoms with Crippen LogP contribution in [0.3, 0.4) is 0 Å². The van der Waals surface area contributed by atoms with Crippen LogP contribution in [0.2, 0.25) is 0 Å². The Morgan fingerprint density at radius 2 is 1.48 bits per heavy atom. The second-order valence-electron chi connectivity index (χ2n) is 5.84. The summed E-state index contributed by atoms with van der Waals surface area (Å²) in [5.74, 6) is 0.999. The zero-order valence-corrected chi connectivity index (χ0v) is 13.3. The lowest BCUT2D eigenvalue weighted by atomic mass is 10.0. The van der Waals surface area contributed by atoms with Crippen LogP contribution >= 0.6 is 0 Å². The Kier molecular flexibility index (Phi) is 3.23. The molecule has 0 saturated carbocycles.